The van der Waals surface area contributed by atoms with Crippen molar-refractivity contribution >= 4 is 12.6 Å². The number of benzene rings is 1. The Bertz CT molecular complexity index is 269. The molecule has 0 saturated carbocycles. The van der Waals surface area contributed by atoms with Crippen LogP contribution in [-0.2, 0) is 5.41 Å². The van der Waals surface area contributed by atoms with Crippen molar-refractivity contribution in [1.29, 1.82) is 0 Å². The molecule has 0 saturated heterocycles. The molecule has 0 aliphatic carbocycles. The molecular formula is C11H17NS. The van der Waals surface area contributed by atoms with E-state index in [1.165, 1.54) is 5.56 Å². The molecule has 1 nitrogen and oxygen atoms in total. The van der Waals surface area contributed by atoms with Gasteiger partial charge in [-0.3, -0.25) is 0 Å². The summed E-state index contributed by atoms with van der Waals surface area (Å²) in [5, 5.41) is -0.172. The van der Waals surface area contributed by atoms with Gasteiger partial charge in [0.15, 0.2) is 0 Å². The summed E-state index contributed by atoms with van der Waals surface area (Å²) in [5.74, 6) is 0. The average Bonchev–Trinajstić information content (AvgIpc) is 2.03. The first-order valence-corrected chi connectivity index (χ1v) is 4.97. The van der Waals surface area contributed by atoms with Crippen LogP contribution in [0.25, 0.3) is 0 Å². The number of thiol groups is 1. The van der Waals surface area contributed by atoms with Gasteiger partial charge in [-0.25, -0.2) is 0 Å². The monoisotopic (exact) mass is 195 g/mol. The molecule has 2 N–H and O–H groups in total. The van der Waals surface area contributed by atoms with E-state index in [1.807, 2.05) is 12.1 Å². The van der Waals surface area contributed by atoms with Crippen molar-refractivity contribution in [2.45, 2.75) is 31.6 Å². The van der Waals surface area contributed by atoms with E-state index >= 15 is 0 Å². The molecule has 0 spiro atoms. The predicted octanol–water partition coefficient (Wildman–Crippen LogP) is 2.87. The second-order valence-corrected chi connectivity index (χ2v) is 4.87. The van der Waals surface area contributed by atoms with Gasteiger partial charge in [0.25, 0.3) is 0 Å². The molecular weight excluding hydrogens is 178 g/mol. The Morgan fingerprint density at radius 2 is 1.62 bits per heavy atom. The lowest BCUT2D eigenvalue weighted by atomic mass is 9.87. The van der Waals surface area contributed by atoms with Gasteiger partial charge in [0.05, 0.1) is 5.37 Å². The molecule has 0 heterocycles. The summed E-state index contributed by atoms with van der Waals surface area (Å²) < 4.78 is 0. The predicted molar refractivity (Wildman–Crippen MR) is 61.1 cm³/mol. The number of rotatable bonds is 1. The highest BCUT2D eigenvalue weighted by atomic mass is 32.1. The minimum Gasteiger partial charge on any atom is -0.316 e. The third kappa shape index (κ3) is 2.75. The van der Waals surface area contributed by atoms with Crippen LogP contribution in [0.5, 0.6) is 0 Å². The van der Waals surface area contributed by atoms with Crippen LogP contribution < -0.4 is 5.73 Å². The largest absolute Gasteiger partial charge is 0.316 e. The SMILES string of the molecule is CC(C)(C)c1ccc(C(N)S)cc1. The number of hydrogen-bond donors (Lipinski definition) is 2. The van der Waals surface area contributed by atoms with Crippen LogP contribution in [0.1, 0.15) is 37.3 Å². The van der Waals surface area contributed by atoms with Crippen LogP contribution >= 0.6 is 12.6 Å². The number of nitrogens with two attached hydrogens (primary N) is 1. The fraction of sp³-hybridized carbons (Fsp3) is 0.455. The summed E-state index contributed by atoms with van der Waals surface area (Å²) in [6.45, 7) is 6.59. The van der Waals surface area contributed by atoms with Crippen molar-refractivity contribution in [2.24, 2.45) is 5.73 Å². The molecule has 0 aliphatic rings. The highest BCUT2D eigenvalue weighted by Gasteiger charge is 2.13. The van der Waals surface area contributed by atoms with Gasteiger partial charge < -0.3 is 5.73 Å². The summed E-state index contributed by atoms with van der Waals surface area (Å²) in [6.07, 6.45) is 0. The Labute approximate surface area is 85.8 Å². The van der Waals surface area contributed by atoms with Crippen LogP contribution in [0.4, 0.5) is 0 Å². The standard InChI is InChI=1S/C11H17NS/c1-11(2,3)9-6-4-8(5-7-9)10(12)13/h4-7,10,13H,12H2,1-3H3. The Balaban J connectivity index is 2.94. The minimum atomic E-state index is -0.172. The van der Waals surface area contributed by atoms with E-state index in [-0.39, 0.29) is 10.8 Å². The molecule has 0 aliphatic heterocycles. The van der Waals surface area contributed by atoms with Crippen molar-refractivity contribution in [3.05, 3.63) is 35.4 Å². The maximum absolute atomic E-state index is 5.64. The summed E-state index contributed by atoms with van der Waals surface area (Å²) >= 11 is 4.17. The molecule has 1 rings (SSSR count). The molecule has 1 aromatic rings. The third-order valence-electron chi connectivity index (χ3n) is 2.12. The zero-order chi connectivity index (χ0) is 10.1. The smallest absolute Gasteiger partial charge is 0.0734 e. The van der Waals surface area contributed by atoms with Crippen LogP contribution in [-0.4, -0.2) is 0 Å². The van der Waals surface area contributed by atoms with Gasteiger partial charge in [0.2, 0.25) is 0 Å². The van der Waals surface area contributed by atoms with Gasteiger partial charge >= 0.3 is 0 Å². The molecule has 1 unspecified atom stereocenters. The van der Waals surface area contributed by atoms with Crippen LogP contribution in [0, 0.1) is 0 Å². The van der Waals surface area contributed by atoms with E-state index in [4.69, 9.17) is 5.73 Å². The Morgan fingerprint density at radius 3 is 1.92 bits per heavy atom. The first kappa shape index (κ1) is 10.6. The van der Waals surface area contributed by atoms with Crippen molar-refractivity contribution in [2.75, 3.05) is 0 Å². The van der Waals surface area contributed by atoms with Gasteiger partial charge in [-0.2, -0.15) is 12.6 Å². The molecule has 2 heteroatoms. The van der Waals surface area contributed by atoms with E-state index in [1.54, 1.807) is 0 Å². The van der Waals surface area contributed by atoms with Crippen molar-refractivity contribution in [3.8, 4) is 0 Å². The van der Waals surface area contributed by atoms with Gasteiger partial charge in [-0.15, -0.1) is 0 Å². The Hall–Kier alpha value is -0.470. The molecule has 0 bridgehead atoms. The molecule has 0 radical (unpaired) electrons. The van der Waals surface area contributed by atoms with Gasteiger partial charge in [0.1, 0.15) is 0 Å². The van der Waals surface area contributed by atoms with E-state index < -0.39 is 0 Å². The van der Waals surface area contributed by atoms with Crippen molar-refractivity contribution < 1.29 is 0 Å². The van der Waals surface area contributed by atoms with Crippen LogP contribution in [0.2, 0.25) is 0 Å². The van der Waals surface area contributed by atoms with Crippen LogP contribution in [0.15, 0.2) is 24.3 Å². The van der Waals surface area contributed by atoms with Crippen molar-refractivity contribution in [3.63, 3.8) is 0 Å². The quantitative estimate of drug-likeness (QED) is 0.523. The molecule has 1 aromatic carbocycles. The second kappa shape index (κ2) is 3.72. The van der Waals surface area contributed by atoms with Gasteiger partial charge in [-0.1, -0.05) is 45.0 Å². The Kier molecular flexibility index (Phi) is 3.04. The lowest BCUT2D eigenvalue weighted by Gasteiger charge is -2.19. The van der Waals surface area contributed by atoms with E-state index in [2.05, 4.69) is 45.5 Å². The first-order chi connectivity index (χ1) is 5.91. The Morgan fingerprint density at radius 1 is 1.15 bits per heavy atom. The van der Waals surface area contributed by atoms with Gasteiger partial charge in [0, 0.05) is 0 Å². The molecule has 1 atom stereocenters. The van der Waals surface area contributed by atoms with Crippen molar-refractivity contribution in [1.82, 2.24) is 0 Å². The first-order valence-electron chi connectivity index (χ1n) is 4.45. The fourth-order valence-electron chi connectivity index (χ4n) is 1.18. The second-order valence-electron chi connectivity index (χ2n) is 4.32. The van der Waals surface area contributed by atoms with E-state index in [9.17, 15) is 0 Å². The molecule has 0 fully saturated rings. The van der Waals surface area contributed by atoms with Gasteiger partial charge in [-0.05, 0) is 16.5 Å². The highest BCUT2D eigenvalue weighted by molar-refractivity contribution is 7.80. The zero-order valence-electron chi connectivity index (χ0n) is 8.41. The highest BCUT2D eigenvalue weighted by Crippen LogP contribution is 2.23. The number of hydrogen-bond acceptors (Lipinski definition) is 2. The molecule has 13 heavy (non-hydrogen) atoms. The fourth-order valence-corrected chi connectivity index (χ4v) is 1.35. The average molecular weight is 195 g/mol. The zero-order valence-corrected chi connectivity index (χ0v) is 9.31. The maximum atomic E-state index is 5.64. The summed E-state index contributed by atoms with van der Waals surface area (Å²) in [4.78, 5) is 0. The summed E-state index contributed by atoms with van der Waals surface area (Å²) in [6, 6.07) is 8.31. The summed E-state index contributed by atoms with van der Waals surface area (Å²) in [5.41, 5.74) is 8.23. The van der Waals surface area contributed by atoms with E-state index in [0.29, 0.717) is 0 Å². The molecule has 0 aromatic heterocycles. The maximum Gasteiger partial charge on any atom is 0.0734 e. The normalized spacial score (nSPS) is 14.2. The van der Waals surface area contributed by atoms with E-state index in [0.717, 1.165) is 5.56 Å². The summed E-state index contributed by atoms with van der Waals surface area (Å²) in [7, 11) is 0. The third-order valence-corrected chi connectivity index (χ3v) is 2.42. The molecule has 72 valence electrons. The van der Waals surface area contributed by atoms with Crippen LogP contribution in [0.3, 0.4) is 0 Å². The molecule has 0 amide bonds. The lowest BCUT2D eigenvalue weighted by Crippen LogP contribution is -2.11. The topological polar surface area (TPSA) is 26.0 Å². The minimum absolute atomic E-state index is 0.172. The lowest BCUT2D eigenvalue weighted by molar-refractivity contribution is 0.590.